The fourth-order valence-corrected chi connectivity index (χ4v) is 5.72. The zero-order valence-electron chi connectivity index (χ0n) is 16.0. The van der Waals surface area contributed by atoms with Crippen LogP contribution in [0, 0.1) is 11.8 Å². The molecule has 4 rings (SSSR count). The van der Waals surface area contributed by atoms with E-state index in [1.54, 1.807) is 24.3 Å². The molecule has 2 unspecified atom stereocenters. The molecule has 5 nitrogen and oxygen atoms in total. The van der Waals surface area contributed by atoms with E-state index in [2.05, 4.69) is 34.9 Å². The molecule has 0 saturated heterocycles. The minimum absolute atomic E-state index is 0.164. The van der Waals surface area contributed by atoms with E-state index < -0.39 is 9.84 Å². The lowest BCUT2D eigenvalue weighted by Gasteiger charge is -2.24. The molecule has 2 atom stereocenters. The first-order valence-electron chi connectivity index (χ1n) is 9.81. The first-order valence-corrected chi connectivity index (χ1v) is 11.7. The summed E-state index contributed by atoms with van der Waals surface area (Å²) in [6.07, 6.45) is 5.48. The Balaban J connectivity index is 1.42. The van der Waals surface area contributed by atoms with Crippen LogP contribution in [-0.2, 0) is 29.2 Å². The summed E-state index contributed by atoms with van der Waals surface area (Å²) in [4.78, 5) is 12.8. The van der Waals surface area contributed by atoms with Crippen molar-refractivity contribution in [1.29, 1.82) is 0 Å². The highest BCUT2D eigenvalue weighted by atomic mass is 32.2. The second kappa shape index (κ2) is 7.59. The van der Waals surface area contributed by atoms with E-state index in [0.29, 0.717) is 17.4 Å². The minimum Gasteiger partial charge on any atom is -0.335 e. The quantitative estimate of drug-likeness (QED) is 0.831. The van der Waals surface area contributed by atoms with Gasteiger partial charge < -0.3 is 10.6 Å². The van der Waals surface area contributed by atoms with E-state index in [-0.39, 0.29) is 23.5 Å². The van der Waals surface area contributed by atoms with Gasteiger partial charge in [0.05, 0.1) is 4.90 Å². The first kappa shape index (κ1) is 19.0. The van der Waals surface area contributed by atoms with E-state index in [4.69, 9.17) is 0 Å². The predicted molar refractivity (Wildman–Crippen MR) is 109 cm³/mol. The van der Waals surface area contributed by atoms with E-state index in [0.717, 1.165) is 25.7 Å². The fourth-order valence-electron chi connectivity index (χ4n) is 4.78. The highest BCUT2D eigenvalue weighted by Gasteiger charge is 2.39. The summed E-state index contributed by atoms with van der Waals surface area (Å²) in [5.41, 5.74) is 3.42. The maximum absolute atomic E-state index is 12.6. The van der Waals surface area contributed by atoms with Crippen LogP contribution in [0.15, 0.2) is 53.4 Å². The molecule has 0 radical (unpaired) electrons. The number of sulfone groups is 1. The van der Waals surface area contributed by atoms with Crippen LogP contribution in [0.25, 0.3) is 0 Å². The summed E-state index contributed by atoms with van der Waals surface area (Å²) in [7, 11) is -3.32. The monoisotopic (exact) mass is 398 g/mol. The molecular weight excluding hydrogens is 372 g/mol. The largest absolute Gasteiger partial charge is 0.335 e. The molecule has 2 amide bonds. The smallest absolute Gasteiger partial charge is 0.315 e. The maximum Gasteiger partial charge on any atom is 0.315 e. The Morgan fingerprint density at radius 2 is 1.54 bits per heavy atom. The van der Waals surface area contributed by atoms with Crippen LogP contribution in [0.5, 0.6) is 0 Å². The van der Waals surface area contributed by atoms with Gasteiger partial charge in [-0.3, -0.25) is 0 Å². The number of benzene rings is 2. The van der Waals surface area contributed by atoms with E-state index in [9.17, 15) is 13.2 Å². The number of fused-ring (bicyclic) bond motifs is 3. The lowest BCUT2D eigenvalue weighted by atomic mass is 9.94. The third-order valence-corrected chi connectivity index (χ3v) is 7.31. The predicted octanol–water partition coefficient (Wildman–Crippen LogP) is 3.08. The molecule has 2 N–H and O–H groups in total. The molecule has 2 bridgehead atoms. The van der Waals surface area contributed by atoms with Gasteiger partial charge in [0, 0.05) is 18.8 Å². The lowest BCUT2D eigenvalue weighted by Crippen LogP contribution is -2.46. The van der Waals surface area contributed by atoms with Crippen LogP contribution >= 0.6 is 0 Å². The van der Waals surface area contributed by atoms with Crippen molar-refractivity contribution >= 4 is 15.9 Å². The summed E-state index contributed by atoms with van der Waals surface area (Å²) in [5, 5.41) is 6.04. The molecule has 6 heteroatoms. The van der Waals surface area contributed by atoms with Crippen LogP contribution in [-0.4, -0.2) is 26.7 Å². The van der Waals surface area contributed by atoms with Gasteiger partial charge in [-0.25, -0.2) is 13.2 Å². The third kappa shape index (κ3) is 3.92. The van der Waals surface area contributed by atoms with Gasteiger partial charge >= 0.3 is 6.03 Å². The van der Waals surface area contributed by atoms with Gasteiger partial charge in [0.1, 0.15) is 0 Å². The van der Waals surface area contributed by atoms with Crippen LogP contribution in [0.1, 0.15) is 29.5 Å². The number of hydrogen-bond donors (Lipinski definition) is 2. The molecule has 0 heterocycles. The molecule has 2 aliphatic rings. The van der Waals surface area contributed by atoms with Crippen molar-refractivity contribution in [2.75, 3.05) is 6.26 Å². The second-order valence-electron chi connectivity index (χ2n) is 8.01. The van der Waals surface area contributed by atoms with Gasteiger partial charge in [0.15, 0.2) is 9.84 Å². The summed E-state index contributed by atoms with van der Waals surface area (Å²) in [6, 6.07) is 15.3. The van der Waals surface area contributed by atoms with Crippen LogP contribution in [0.3, 0.4) is 0 Å². The molecule has 0 spiro atoms. The minimum atomic E-state index is -3.32. The average Bonchev–Trinajstić information content (AvgIpc) is 2.93. The van der Waals surface area contributed by atoms with Gasteiger partial charge in [0.25, 0.3) is 0 Å². The van der Waals surface area contributed by atoms with E-state index >= 15 is 0 Å². The van der Waals surface area contributed by atoms with Crippen molar-refractivity contribution in [3.05, 3.63) is 65.2 Å². The molecule has 1 saturated carbocycles. The Morgan fingerprint density at radius 3 is 2.14 bits per heavy atom. The summed E-state index contributed by atoms with van der Waals surface area (Å²) >= 11 is 0. The van der Waals surface area contributed by atoms with Crippen molar-refractivity contribution in [3.63, 3.8) is 0 Å². The normalized spacial score (nSPS) is 23.5. The fraction of sp³-hybridized carbons (Fsp3) is 0.409. The van der Waals surface area contributed by atoms with Crippen LogP contribution < -0.4 is 10.6 Å². The molecule has 1 fully saturated rings. The zero-order valence-corrected chi connectivity index (χ0v) is 16.8. The molecule has 0 aliphatic heterocycles. The van der Waals surface area contributed by atoms with Crippen molar-refractivity contribution < 1.29 is 13.2 Å². The van der Waals surface area contributed by atoms with Crippen LogP contribution in [0.2, 0.25) is 0 Å². The number of rotatable bonds is 4. The van der Waals surface area contributed by atoms with Gasteiger partial charge in [-0.2, -0.15) is 0 Å². The molecule has 2 aliphatic carbocycles. The van der Waals surface area contributed by atoms with Crippen molar-refractivity contribution in [1.82, 2.24) is 10.6 Å². The first-order chi connectivity index (χ1) is 13.4. The van der Waals surface area contributed by atoms with Crippen molar-refractivity contribution in [2.24, 2.45) is 11.8 Å². The number of urea groups is 1. The van der Waals surface area contributed by atoms with Crippen molar-refractivity contribution in [3.8, 4) is 0 Å². The zero-order chi connectivity index (χ0) is 19.7. The topological polar surface area (TPSA) is 75.3 Å². The average molecular weight is 399 g/mol. The summed E-state index contributed by atoms with van der Waals surface area (Å²) in [6.45, 7) is 0.192. The Hall–Kier alpha value is -2.34. The number of hydrogen-bond acceptors (Lipinski definition) is 3. The van der Waals surface area contributed by atoms with Gasteiger partial charge in [-0.15, -0.1) is 0 Å². The number of amides is 2. The second-order valence-corrected chi connectivity index (χ2v) is 9.99. The van der Waals surface area contributed by atoms with Gasteiger partial charge in [0.2, 0.25) is 0 Å². The SMILES string of the molecule is CS(=O)(=O)c1ccccc1CNC(=O)NC1C2CCC1Cc1ccccc1C2. The maximum atomic E-state index is 12.6. The highest BCUT2D eigenvalue weighted by molar-refractivity contribution is 7.90. The molecular formula is C22H26N2O3S. The third-order valence-electron chi connectivity index (χ3n) is 6.12. The molecule has 2 aromatic rings. The molecule has 28 heavy (non-hydrogen) atoms. The Morgan fingerprint density at radius 1 is 0.964 bits per heavy atom. The van der Waals surface area contributed by atoms with E-state index in [1.165, 1.54) is 17.4 Å². The lowest BCUT2D eigenvalue weighted by molar-refractivity contribution is 0.228. The molecule has 0 aromatic heterocycles. The summed E-state index contributed by atoms with van der Waals surface area (Å²) < 4.78 is 23.9. The Labute approximate surface area is 166 Å². The van der Waals surface area contributed by atoms with Gasteiger partial charge in [-0.05, 0) is 60.3 Å². The van der Waals surface area contributed by atoms with Gasteiger partial charge in [-0.1, -0.05) is 42.5 Å². The molecule has 148 valence electrons. The Kier molecular flexibility index (Phi) is 5.15. The summed E-state index contributed by atoms with van der Waals surface area (Å²) in [5.74, 6) is 0.922. The van der Waals surface area contributed by atoms with Crippen LogP contribution in [0.4, 0.5) is 4.79 Å². The number of nitrogens with one attached hydrogen (secondary N) is 2. The Bertz CT molecular complexity index is 954. The standard InChI is InChI=1S/C22H26N2O3S/c1-28(26,27)20-9-5-4-8-19(20)14-23-22(25)24-21-17-10-11-18(21)13-16-7-3-2-6-15(16)12-17/h2-9,17-18,21H,10-14H2,1H3,(H2,23,24,25). The van der Waals surface area contributed by atoms with Crippen molar-refractivity contribution in [2.45, 2.75) is 43.2 Å². The van der Waals surface area contributed by atoms with E-state index in [1.807, 2.05) is 0 Å². The molecule has 2 aromatic carbocycles. The highest BCUT2D eigenvalue weighted by Crippen LogP contribution is 2.40. The number of carbonyl (C=O) groups is 1. The number of carbonyl (C=O) groups excluding carboxylic acids is 1.